The molecular weight excluding hydrogens is 771 g/mol. The Morgan fingerprint density at radius 2 is 1.16 bits per heavy atom. The van der Waals surface area contributed by atoms with Crippen LogP contribution in [0.4, 0.5) is 0 Å². The number of carbonyl (C=O) groups is 2. The maximum Gasteiger partial charge on any atom is 0.261 e. The van der Waals surface area contributed by atoms with Crippen LogP contribution in [0.2, 0.25) is 0 Å². The van der Waals surface area contributed by atoms with Crippen molar-refractivity contribution >= 4 is 11.8 Å². The number of hydrogen-bond donors (Lipinski definition) is 0. The first kappa shape index (κ1) is 48.2. The van der Waals surface area contributed by atoms with Gasteiger partial charge in [-0.2, -0.15) is 0 Å². The maximum atomic E-state index is 12.9. The molecule has 0 aliphatic carbocycles. The van der Waals surface area contributed by atoms with E-state index in [1.54, 1.807) is 24.3 Å². The monoisotopic (exact) mass is 844 g/mol. The van der Waals surface area contributed by atoms with Gasteiger partial charge in [-0.3, -0.25) is 14.5 Å². The minimum absolute atomic E-state index is 0.177. The highest BCUT2D eigenvalue weighted by atomic mass is 16.6. The van der Waals surface area contributed by atoms with Crippen LogP contribution >= 0.6 is 0 Å². The second-order valence-electron chi connectivity index (χ2n) is 16.5. The average molecular weight is 844 g/mol. The van der Waals surface area contributed by atoms with Crippen molar-refractivity contribution in [3.05, 3.63) is 93.5 Å². The second kappa shape index (κ2) is 25.3. The standard InChI is InChI=1S/C51H73NO9/c1-8-13-25-55-35-45-47(58-27-15-10-3)49(60-29-17-12-5)48(59-28-16-11-4)46(61-45)43-34-39(37(7)32-44(43)57-26-14-9-2)33-38-22-23-40(31-36(38)6)56-30-24-52-50(53)41-20-18-19-21-42(41)51(52)54/h18-23,31-32,34,45-49H,8-17,24-30,33,35H2,1-7H3/t45-,46+,47-,48+,49+/m1/s1. The van der Waals surface area contributed by atoms with Gasteiger partial charge in [0.1, 0.15) is 48.6 Å². The zero-order valence-electron chi connectivity index (χ0n) is 38.1. The van der Waals surface area contributed by atoms with Crippen molar-refractivity contribution in [3.8, 4) is 11.5 Å². The number of hydrogen-bond acceptors (Lipinski definition) is 9. The van der Waals surface area contributed by atoms with Crippen molar-refractivity contribution in [1.29, 1.82) is 0 Å². The van der Waals surface area contributed by atoms with E-state index in [0.29, 0.717) is 62.9 Å². The zero-order valence-corrected chi connectivity index (χ0v) is 38.1. The first-order chi connectivity index (χ1) is 29.8. The number of amides is 2. The molecule has 2 aliphatic rings. The molecule has 5 rings (SSSR count). The molecule has 0 unspecified atom stereocenters. The molecule has 10 nitrogen and oxygen atoms in total. The van der Waals surface area contributed by atoms with Crippen LogP contribution in [-0.4, -0.2) is 93.9 Å². The lowest BCUT2D eigenvalue weighted by Crippen LogP contribution is -2.58. The molecule has 61 heavy (non-hydrogen) atoms. The summed E-state index contributed by atoms with van der Waals surface area (Å²) in [6.45, 7) is 19.0. The van der Waals surface area contributed by atoms with Crippen LogP contribution in [0.5, 0.6) is 11.5 Å². The lowest BCUT2D eigenvalue weighted by Gasteiger charge is -2.47. The fourth-order valence-electron chi connectivity index (χ4n) is 7.88. The predicted octanol–water partition coefficient (Wildman–Crippen LogP) is 10.6. The number of carbonyl (C=O) groups excluding carboxylic acids is 2. The molecule has 0 radical (unpaired) electrons. The predicted molar refractivity (Wildman–Crippen MR) is 240 cm³/mol. The lowest BCUT2D eigenvalue weighted by atomic mass is 9.87. The van der Waals surface area contributed by atoms with Crippen molar-refractivity contribution < 1.29 is 42.7 Å². The lowest BCUT2D eigenvalue weighted by molar-refractivity contribution is -0.268. The average Bonchev–Trinajstić information content (AvgIpc) is 3.50. The third kappa shape index (κ3) is 13.1. The number of ether oxygens (including phenoxy) is 7. The normalized spacial score (nSPS) is 20.0. The molecule has 0 N–H and O–H groups in total. The highest BCUT2D eigenvalue weighted by Crippen LogP contribution is 2.42. The Kier molecular flexibility index (Phi) is 20.0. The molecular formula is C51H73NO9. The Morgan fingerprint density at radius 3 is 1.79 bits per heavy atom. The molecule has 3 aromatic rings. The quantitative estimate of drug-likeness (QED) is 0.0522. The third-order valence-electron chi connectivity index (χ3n) is 11.7. The molecule has 1 fully saturated rings. The Labute approximate surface area is 365 Å². The number of rotatable bonds is 28. The Morgan fingerprint density at radius 1 is 0.590 bits per heavy atom. The molecule has 3 aromatic carbocycles. The van der Waals surface area contributed by atoms with E-state index in [2.05, 4.69) is 66.7 Å². The number of imide groups is 1. The highest BCUT2D eigenvalue weighted by molar-refractivity contribution is 6.21. The van der Waals surface area contributed by atoms with Crippen LogP contribution in [0.3, 0.4) is 0 Å². The van der Waals surface area contributed by atoms with E-state index >= 15 is 0 Å². The molecule has 336 valence electrons. The third-order valence-corrected chi connectivity index (χ3v) is 11.7. The van der Waals surface area contributed by atoms with Gasteiger partial charge in [0.2, 0.25) is 0 Å². The van der Waals surface area contributed by atoms with Gasteiger partial charge in [0, 0.05) is 32.0 Å². The van der Waals surface area contributed by atoms with E-state index in [1.807, 2.05) is 12.1 Å². The van der Waals surface area contributed by atoms with E-state index in [4.69, 9.17) is 33.2 Å². The van der Waals surface area contributed by atoms with E-state index in [0.717, 1.165) is 97.8 Å². The van der Waals surface area contributed by atoms with Gasteiger partial charge >= 0.3 is 0 Å². The van der Waals surface area contributed by atoms with Gasteiger partial charge in [-0.25, -0.2) is 0 Å². The van der Waals surface area contributed by atoms with Gasteiger partial charge in [0.15, 0.2) is 0 Å². The van der Waals surface area contributed by atoms with Crippen molar-refractivity contribution in [3.63, 3.8) is 0 Å². The number of fused-ring (bicyclic) bond motifs is 1. The van der Waals surface area contributed by atoms with Gasteiger partial charge in [0.05, 0.1) is 30.9 Å². The summed E-state index contributed by atoms with van der Waals surface area (Å²) in [5.74, 6) is 0.945. The fourth-order valence-corrected chi connectivity index (χ4v) is 7.88. The molecule has 10 heteroatoms. The summed E-state index contributed by atoms with van der Waals surface area (Å²) in [6.07, 6.45) is 8.60. The molecule has 0 bridgehead atoms. The van der Waals surface area contributed by atoms with Crippen LogP contribution in [-0.2, 0) is 30.1 Å². The van der Waals surface area contributed by atoms with Gasteiger partial charge < -0.3 is 33.2 Å². The minimum atomic E-state index is -0.482. The van der Waals surface area contributed by atoms with Crippen LogP contribution in [0, 0.1) is 13.8 Å². The van der Waals surface area contributed by atoms with Gasteiger partial charge in [-0.1, -0.05) is 84.9 Å². The van der Waals surface area contributed by atoms with Gasteiger partial charge in [-0.15, -0.1) is 0 Å². The topological polar surface area (TPSA) is 102 Å². The van der Waals surface area contributed by atoms with Crippen LogP contribution in [0.1, 0.15) is 153 Å². The van der Waals surface area contributed by atoms with E-state index < -0.39 is 12.2 Å². The molecule has 0 aromatic heterocycles. The van der Waals surface area contributed by atoms with Crippen molar-refractivity contribution in [1.82, 2.24) is 4.90 Å². The Bertz CT molecular complexity index is 1780. The zero-order chi connectivity index (χ0) is 43.6. The van der Waals surface area contributed by atoms with Crippen LogP contribution in [0.25, 0.3) is 0 Å². The summed E-state index contributed by atoms with van der Waals surface area (Å²) in [5, 5.41) is 0. The van der Waals surface area contributed by atoms with Crippen molar-refractivity contribution in [2.45, 2.75) is 150 Å². The summed E-state index contributed by atoms with van der Waals surface area (Å²) in [7, 11) is 0. The number of nitrogens with zero attached hydrogens (tertiary/aromatic N) is 1. The first-order valence-corrected chi connectivity index (χ1v) is 23.3. The molecule has 0 spiro atoms. The first-order valence-electron chi connectivity index (χ1n) is 23.3. The van der Waals surface area contributed by atoms with Crippen LogP contribution in [0.15, 0.2) is 54.6 Å². The molecule has 1 saturated heterocycles. The summed E-state index contributed by atoms with van der Waals surface area (Å²) in [4.78, 5) is 27.0. The van der Waals surface area contributed by atoms with E-state index in [1.165, 1.54) is 4.90 Å². The molecule has 2 amide bonds. The van der Waals surface area contributed by atoms with E-state index in [-0.39, 0.29) is 43.3 Å². The molecule has 5 atom stereocenters. The van der Waals surface area contributed by atoms with Gasteiger partial charge in [-0.05, 0) is 111 Å². The summed E-state index contributed by atoms with van der Waals surface area (Å²) < 4.78 is 46.6. The SMILES string of the molecule is CCCCOC[C@H]1O[C@@H](c2cc(Cc3ccc(OCCN4C(=O)c5ccccc5C4=O)cc3C)c(C)cc2OCCCC)[C@H](OCCCC)[C@@H](OCCCC)[C@@H]1OCCCC. The Balaban J connectivity index is 1.44. The van der Waals surface area contributed by atoms with Crippen molar-refractivity contribution in [2.24, 2.45) is 0 Å². The molecule has 2 aliphatic heterocycles. The maximum absolute atomic E-state index is 12.9. The Hall–Kier alpha value is -3.80. The van der Waals surface area contributed by atoms with Gasteiger partial charge in [0.25, 0.3) is 11.8 Å². The summed E-state index contributed by atoms with van der Waals surface area (Å²) in [5.41, 5.74) is 6.38. The number of benzene rings is 3. The minimum Gasteiger partial charge on any atom is -0.493 e. The molecule has 0 saturated carbocycles. The number of aryl methyl sites for hydroxylation is 2. The highest BCUT2D eigenvalue weighted by Gasteiger charge is 2.49. The fraction of sp³-hybridized carbons (Fsp3) is 0.608. The molecule has 2 heterocycles. The summed E-state index contributed by atoms with van der Waals surface area (Å²) in [6, 6.07) is 17.5. The smallest absolute Gasteiger partial charge is 0.261 e. The largest absolute Gasteiger partial charge is 0.493 e. The second-order valence-corrected chi connectivity index (χ2v) is 16.5. The van der Waals surface area contributed by atoms with Crippen molar-refractivity contribution in [2.75, 3.05) is 52.8 Å². The van der Waals surface area contributed by atoms with E-state index in [9.17, 15) is 9.59 Å². The summed E-state index contributed by atoms with van der Waals surface area (Å²) >= 11 is 0. The van der Waals surface area contributed by atoms with Crippen LogP contribution < -0.4 is 9.47 Å². The number of unbranched alkanes of at least 4 members (excludes halogenated alkanes) is 5.